The van der Waals surface area contributed by atoms with E-state index in [1.807, 2.05) is 18.2 Å². The molecule has 2 aromatic carbocycles. The summed E-state index contributed by atoms with van der Waals surface area (Å²) < 4.78 is 6.71. The molecular weight excluding hydrogens is 424 g/mol. The fourth-order valence-electron chi connectivity index (χ4n) is 4.25. The quantitative estimate of drug-likeness (QED) is 0.476. The van der Waals surface area contributed by atoms with Gasteiger partial charge in [0.2, 0.25) is 5.91 Å². The van der Waals surface area contributed by atoms with E-state index >= 15 is 0 Å². The van der Waals surface area contributed by atoms with E-state index in [-0.39, 0.29) is 29.1 Å². The van der Waals surface area contributed by atoms with Crippen LogP contribution in [0.1, 0.15) is 51.7 Å². The highest BCUT2D eigenvalue weighted by Crippen LogP contribution is 2.37. The lowest BCUT2D eigenvalue weighted by molar-refractivity contribution is -0.143. The van der Waals surface area contributed by atoms with Crippen LogP contribution in [-0.4, -0.2) is 43.9 Å². The monoisotopic (exact) mass is 466 g/mol. The van der Waals surface area contributed by atoms with Crippen molar-refractivity contribution in [2.45, 2.75) is 89.8 Å². The van der Waals surface area contributed by atoms with Crippen LogP contribution in [0.25, 0.3) is 0 Å². The number of amides is 1. The van der Waals surface area contributed by atoms with Crippen molar-refractivity contribution < 1.29 is 9.22 Å². The average molecular weight is 467 g/mol. The molecule has 3 atom stereocenters. The van der Waals surface area contributed by atoms with Gasteiger partial charge in [0.05, 0.1) is 18.7 Å². The lowest BCUT2D eigenvalue weighted by Gasteiger charge is -2.47. The predicted octanol–water partition coefficient (Wildman–Crippen LogP) is 5.79. The Kier molecular flexibility index (Phi) is 8.54. The summed E-state index contributed by atoms with van der Waals surface area (Å²) >= 11 is 0. The summed E-state index contributed by atoms with van der Waals surface area (Å²) in [4.78, 5) is 15.6. The Bertz CT molecular complexity index is 880. The molecular formula is C28H42N2O2Si. The average Bonchev–Trinajstić information content (AvgIpc) is 2.79. The Morgan fingerprint density at radius 2 is 1.55 bits per heavy atom. The molecule has 0 aromatic heterocycles. The maximum Gasteiger partial charge on any atom is 0.240 e. The number of aryl methyl sites for hydroxylation is 1. The van der Waals surface area contributed by atoms with Crippen LogP contribution in [0.4, 0.5) is 0 Å². The molecule has 2 aromatic rings. The third-order valence-electron chi connectivity index (χ3n) is 7.47. The lowest BCUT2D eigenvalue weighted by atomic mass is 9.93. The van der Waals surface area contributed by atoms with Crippen molar-refractivity contribution in [3.8, 4) is 0 Å². The normalized spacial score (nSPS) is 21.9. The van der Waals surface area contributed by atoms with Crippen LogP contribution < -0.4 is 5.32 Å². The van der Waals surface area contributed by atoms with E-state index in [2.05, 4.69) is 93.5 Å². The van der Waals surface area contributed by atoms with Crippen LogP contribution >= 0.6 is 0 Å². The van der Waals surface area contributed by atoms with Gasteiger partial charge >= 0.3 is 0 Å². The van der Waals surface area contributed by atoms with Crippen molar-refractivity contribution in [2.75, 3.05) is 6.61 Å². The summed E-state index contributed by atoms with van der Waals surface area (Å²) in [5.41, 5.74) is 2.50. The lowest BCUT2D eigenvalue weighted by Crippen LogP contribution is -2.66. The highest BCUT2D eigenvalue weighted by Gasteiger charge is 2.43. The van der Waals surface area contributed by atoms with Crippen molar-refractivity contribution in [2.24, 2.45) is 0 Å². The predicted molar refractivity (Wildman–Crippen MR) is 140 cm³/mol. The zero-order chi connectivity index (χ0) is 24.1. The molecule has 0 aliphatic carbocycles. The number of benzene rings is 2. The van der Waals surface area contributed by atoms with Crippen molar-refractivity contribution >= 4 is 14.2 Å². The van der Waals surface area contributed by atoms with Gasteiger partial charge in [-0.2, -0.15) is 0 Å². The Balaban J connectivity index is 1.87. The second-order valence-electron chi connectivity index (χ2n) is 10.8. The Hall–Kier alpha value is -1.95. The summed E-state index contributed by atoms with van der Waals surface area (Å²) in [6, 6.07) is 21.1. The standard InChI is InChI=1S/C28H42N2O2Si/c1-7-24-27(31)30(20-23-16-12-9-13-17-23)26(21-32-33(5,6)28(2,3)4)25(29-24)19-18-22-14-10-8-11-15-22/h8-17,24-26,29H,7,18-21H2,1-6H3/t24-,25-,26-/m1/s1. The molecule has 0 spiro atoms. The molecule has 1 amide bonds. The fourth-order valence-corrected chi connectivity index (χ4v) is 5.27. The van der Waals surface area contributed by atoms with Gasteiger partial charge < -0.3 is 14.6 Å². The molecule has 3 rings (SSSR count). The molecule has 1 N–H and O–H groups in total. The van der Waals surface area contributed by atoms with Crippen LogP contribution in [0.5, 0.6) is 0 Å². The van der Waals surface area contributed by atoms with Crippen LogP contribution in [-0.2, 0) is 22.2 Å². The molecule has 5 heteroatoms. The second kappa shape index (κ2) is 11.0. The maximum absolute atomic E-state index is 13.5. The molecule has 0 saturated carbocycles. The summed E-state index contributed by atoms with van der Waals surface area (Å²) in [5, 5.41) is 3.84. The van der Waals surface area contributed by atoms with Gasteiger partial charge in [-0.3, -0.25) is 4.79 Å². The van der Waals surface area contributed by atoms with Gasteiger partial charge in [0.15, 0.2) is 8.32 Å². The van der Waals surface area contributed by atoms with E-state index in [1.54, 1.807) is 0 Å². The molecule has 0 bridgehead atoms. The summed E-state index contributed by atoms with van der Waals surface area (Å²) in [7, 11) is -1.94. The number of hydrogen-bond acceptors (Lipinski definition) is 3. The van der Waals surface area contributed by atoms with Gasteiger partial charge in [0, 0.05) is 12.6 Å². The minimum absolute atomic E-state index is 0.0124. The Morgan fingerprint density at radius 3 is 2.09 bits per heavy atom. The highest BCUT2D eigenvalue weighted by atomic mass is 28.4. The first-order valence-electron chi connectivity index (χ1n) is 12.4. The van der Waals surface area contributed by atoms with Crippen molar-refractivity contribution in [1.82, 2.24) is 10.2 Å². The van der Waals surface area contributed by atoms with Gasteiger partial charge in [0.25, 0.3) is 0 Å². The van der Waals surface area contributed by atoms with Crippen LogP contribution in [0.15, 0.2) is 60.7 Å². The number of hydrogen-bond donors (Lipinski definition) is 1. The van der Waals surface area contributed by atoms with E-state index in [0.717, 1.165) is 19.3 Å². The van der Waals surface area contributed by atoms with Gasteiger partial charge in [0.1, 0.15) is 0 Å². The Morgan fingerprint density at radius 1 is 0.970 bits per heavy atom. The third kappa shape index (κ3) is 6.56. The molecule has 33 heavy (non-hydrogen) atoms. The SMILES string of the molecule is CC[C@H]1N[C@H](CCc2ccccc2)[C@@H](CO[Si](C)(C)C(C)(C)C)N(Cc2ccccc2)C1=O. The molecule has 1 fully saturated rings. The zero-order valence-electron chi connectivity index (χ0n) is 21.3. The largest absolute Gasteiger partial charge is 0.415 e. The summed E-state index contributed by atoms with van der Waals surface area (Å²) in [5.74, 6) is 0.196. The number of carbonyl (C=O) groups excluding carboxylic acids is 1. The highest BCUT2D eigenvalue weighted by molar-refractivity contribution is 6.74. The van der Waals surface area contributed by atoms with E-state index in [0.29, 0.717) is 13.2 Å². The first kappa shape index (κ1) is 25.7. The first-order valence-corrected chi connectivity index (χ1v) is 15.3. The van der Waals surface area contributed by atoms with Gasteiger partial charge in [-0.15, -0.1) is 0 Å². The molecule has 1 saturated heterocycles. The zero-order valence-corrected chi connectivity index (χ0v) is 22.3. The maximum atomic E-state index is 13.5. The van der Waals surface area contributed by atoms with E-state index < -0.39 is 8.32 Å². The molecule has 0 unspecified atom stereocenters. The fraction of sp³-hybridized carbons (Fsp3) is 0.536. The van der Waals surface area contributed by atoms with Crippen LogP contribution in [0.2, 0.25) is 18.1 Å². The number of piperazine rings is 1. The van der Waals surface area contributed by atoms with Crippen LogP contribution in [0.3, 0.4) is 0 Å². The number of nitrogens with one attached hydrogen (secondary N) is 1. The van der Waals surface area contributed by atoms with Crippen molar-refractivity contribution in [3.05, 3.63) is 71.8 Å². The first-order chi connectivity index (χ1) is 15.6. The molecule has 1 aliphatic heterocycles. The third-order valence-corrected chi connectivity index (χ3v) is 12.0. The number of nitrogens with zero attached hydrogens (tertiary/aromatic N) is 1. The Labute approximate surface area is 201 Å². The summed E-state index contributed by atoms with van der Waals surface area (Å²) in [6.45, 7) is 14.7. The minimum Gasteiger partial charge on any atom is -0.415 e. The van der Waals surface area contributed by atoms with E-state index in [4.69, 9.17) is 4.43 Å². The van der Waals surface area contributed by atoms with Gasteiger partial charge in [-0.25, -0.2) is 0 Å². The second-order valence-corrected chi connectivity index (χ2v) is 15.7. The van der Waals surface area contributed by atoms with E-state index in [9.17, 15) is 4.79 Å². The molecule has 1 aliphatic rings. The van der Waals surface area contributed by atoms with Crippen molar-refractivity contribution in [1.29, 1.82) is 0 Å². The molecule has 4 nitrogen and oxygen atoms in total. The molecule has 180 valence electrons. The number of carbonyl (C=O) groups is 1. The smallest absolute Gasteiger partial charge is 0.240 e. The minimum atomic E-state index is -1.94. The molecule has 0 radical (unpaired) electrons. The van der Waals surface area contributed by atoms with Gasteiger partial charge in [-0.05, 0) is 48.5 Å². The van der Waals surface area contributed by atoms with Gasteiger partial charge in [-0.1, -0.05) is 88.4 Å². The summed E-state index contributed by atoms with van der Waals surface area (Å²) in [6.07, 6.45) is 2.76. The van der Waals surface area contributed by atoms with E-state index in [1.165, 1.54) is 11.1 Å². The molecule has 1 heterocycles. The van der Waals surface area contributed by atoms with Crippen molar-refractivity contribution in [3.63, 3.8) is 0 Å². The topological polar surface area (TPSA) is 41.6 Å². The number of rotatable bonds is 9. The van der Waals surface area contributed by atoms with Crippen LogP contribution in [0, 0.1) is 0 Å².